The van der Waals surface area contributed by atoms with E-state index in [2.05, 4.69) is 48.0 Å². The van der Waals surface area contributed by atoms with Gasteiger partial charge in [-0.25, -0.2) is 0 Å². The third kappa shape index (κ3) is 2.08. The first-order valence-electron chi connectivity index (χ1n) is 8.86. The van der Waals surface area contributed by atoms with Gasteiger partial charge in [-0.1, -0.05) is 48.5 Å². The lowest BCUT2D eigenvalue weighted by molar-refractivity contribution is -0.124. The molecule has 124 valence electrons. The molecule has 0 saturated carbocycles. The molecule has 0 N–H and O–H groups in total. The van der Waals surface area contributed by atoms with E-state index in [-0.39, 0.29) is 5.91 Å². The number of rotatable bonds is 2. The number of amides is 1. The van der Waals surface area contributed by atoms with E-state index in [1.54, 1.807) is 0 Å². The van der Waals surface area contributed by atoms with Crippen molar-refractivity contribution in [2.24, 2.45) is 7.05 Å². The Morgan fingerprint density at radius 1 is 0.960 bits per heavy atom. The zero-order valence-electron chi connectivity index (χ0n) is 14.3. The lowest BCUT2D eigenvalue weighted by atomic mass is 9.89. The first kappa shape index (κ1) is 14.5. The number of hydrogen-bond acceptors (Lipinski definition) is 1. The maximum absolute atomic E-state index is 13.2. The molecule has 0 spiro atoms. The second-order valence-corrected chi connectivity index (χ2v) is 7.02. The quantitative estimate of drug-likeness (QED) is 0.700. The minimum absolute atomic E-state index is 0.191. The number of para-hydroxylation sites is 1. The first-order valence-corrected chi connectivity index (χ1v) is 8.86. The van der Waals surface area contributed by atoms with E-state index >= 15 is 0 Å². The predicted molar refractivity (Wildman–Crippen MR) is 100 cm³/mol. The van der Waals surface area contributed by atoms with Crippen molar-refractivity contribution in [3.8, 4) is 0 Å². The maximum Gasteiger partial charge on any atom is 0.255 e. The molecule has 5 rings (SSSR count). The molecule has 0 atom stereocenters. The second-order valence-electron chi connectivity index (χ2n) is 7.02. The van der Waals surface area contributed by atoms with Crippen LogP contribution >= 0.6 is 0 Å². The number of carbonyl (C=O) groups excluding carboxylic acids is 1. The SMILES string of the molecule is Cn1c2c(c3ccccc31)C1=C(CC2)CN(Cc2ccccc2)C1=O. The van der Waals surface area contributed by atoms with Crippen molar-refractivity contribution in [2.45, 2.75) is 19.4 Å². The summed E-state index contributed by atoms with van der Waals surface area (Å²) in [6.45, 7) is 1.46. The average molecular weight is 328 g/mol. The molecule has 0 fully saturated rings. The van der Waals surface area contributed by atoms with Crippen molar-refractivity contribution < 1.29 is 4.79 Å². The highest BCUT2D eigenvalue weighted by Crippen LogP contribution is 2.42. The van der Waals surface area contributed by atoms with E-state index in [4.69, 9.17) is 0 Å². The lowest BCUT2D eigenvalue weighted by Crippen LogP contribution is -2.26. The van der Waals surface area contributed by atoms with Crippen molar-refractivity contribution in [2.75, 3.05) is 6.54 Å². The maximum atomic E-state index is 13.2. The fraction of sp³-hybridized carbons (Fsp3) is 0.227. The van der Waals surface area contributed by atoms with Crippen LogP contribution in [0.3, 0.4) is 0 Å². The van der Waals surface area contributed by atoms with E-state index in [0.29, 0.717) is 6.54 Å². The molecule has 25 heavy (non-hydrogen) atoms. The average Bonchev–Trinajstić information content (AvgIpc) is 3.12. The van der Waals surface area contributed by atoms with Gasteiger partial charge in [0, 0.05) is 42.3 Å². The van der Waals surface area contributed by atoms with E-state index < -0.39 is 0 Å². The van der Waals surface area contributed by atoms with Crippen LogP contribution in [0.5, 0.6) is 0 Å². The zero-order valence-corrected chi connectivity index (χ0v) is 14.3. The van der Waals surface area contributed by atoms with Gasteiger partial charge >= 0.3 is 0 Å². The number of aryl methyl sites for hydroxylation is 1. The Labute approximate surface area is 147 Å². The Morgan fingerprint density at radius 2 is 1.72 bits per heavy atom. The zero-order chi connectivity index (χ0) is 17.0. The van der Waals surface area contributed by atoms with Crippen LogP contribution in [0.2, 0.25) is 0 Å². The van der Waals surface area contributed by atoms with Crippen LogP contribution in [0, 0.1) is 0 Å². The summed E-state index contributed by atoms with van der Waals surface area (Å²) in [5, 5.41) is 1.21. The van der Waals surface area contributed by atoms with Crippen molar-refractivity contribution in [3.63, 3.8) is 0 Å². The highest BCUT2D eigenvalue weighted by Gasteiger charge is 2.36. The van der Waals surface area contributed by atoms with Crippen molar-refractivity contribution in [1.82, 2.24) is 9.47 Å². The van der Waals surface area contributed by atoms with E-state index in [9.17, 15) is 4.79 Å². The van der Waals surface area contributed by atoms with Gasteiger partial charge in [0.05, 0.1) is 5.57 Å². The van der Waals surface area contributed by atoms with Crippen LogP contribution < -0.4 is 0 Å². The van der Waals surface area contributed by atoms with Crippen molar-refractivity contribution >= 4 is 22.4 Å². The molecule has 1 aliphatic carbocycles. The molecule has 1 aliphatic heterocycles. The topological polar surface area (TPSA) is 25.2 Å². The van der Waals surface area contributed by atoms with Crippen LogP contribution in [-0.4, -0.2) is 21.9 Å². The number of nitrogens with zero attached hydrogens (tertiary/aromatic N) is 2. The Hall–Kier alpha value is -2.81. The smallest absolute Gasteiger partial charge is 0.255 e. The molecule has 0 bridgehead atoms. The van der Waals surface area contributed by atoms with Crippen LogP contribution in [0.15, 0.2) is 60.2 Å². The molecule has 3 aromatic rings. The number of hydrogen-bond donors (Lipinski definition) is 0. The number of carbonyl (C=O) groups is 1. The van der Waals surface area contributed by atoms with E-state index in [0.717, 1.165) is 25.0 Å². The monoisotopic (exact) mass is 328 g/mol. The van der Waals surface area contributed by atoms with E-state index in [1.807, 2.05) is 23.1 Å². The number of aromatic nitrogens is 1. The summed E-state index contributed by atoms with van der Waals surface area (Å²) < 4.78 is 2.27. The van der Waals surface area contributed by atoms with Crippen LogP contribution in [-0.2, 0) is 24.8 Å². The molecule has 2 aliphatic rings. The summed E-state index contributed by atoms with van der Waals surface area (Å²) in [6.07, 6.45) is 2.01. The van der Waals surface area contributed by atoms with Crippen LogP contribution in [0.4, 0.5) is 0 Å². The summed E-state index contributed by atoms with van der Waals surface area (Å²) in [5.41, 5.74) is 7.16. The molecule has 2 heterocycles. The van der Waals surface area contributed by atoms with Crippen LogP contribution in [0.25, 0.3) is 16.5 Å². The summed E-state index contributed by atoms with van der Waals surface area (Å²) in [7, 11) is 2.12. The third-order valence-corrected chi connectivity index (χ3v) is 5.59. The molecule has 0 unspecified atom stereocenters. The highest BCUT2D eigenvalue weighted by atomic mass is 16.2. The molecule has 2 aromatic carbocycles. The predicted octanol–water partition coefficient (Wildman–Crippen LogP) is 3.92. The molecule has 0 radical (unpaired) electrons. The van der Waals surface area contributed by atoms with E-state index in [1.165, 1.54) is 33.3 Å². The van der Waals surface area contributed by atoms with Crippen molar-refractivity contribution in [1.29, 1.82) is 0 Å². The third-order valence-electron chi connectivity index (χ3n) is 5.59. The molecule has 3 nitrogen and oxygen atoms in total. The summed E-state index contributed by atoms with van der Waals surface area (Å²) in [6, 6.07) is 18.7. The highest BCUT2D eigenvalue weighted by molar-refractivity contribution is 6.26. The Balaban J connectivity index is 1.58. The molecular formula is C22H20N2O. The molecule has 3 heteroatoms. The van der Waals surface area contributed by atoms with Gasteiger partial charge in [-0.3, -0.25) is 4.79 Å². The molecule has 1 amide bonds. The summed E-state index contributed by atoms with van der Waals surface area (Å²) in [4.78, 5) is 15.2. The van der Waals surface area contributed by atoms with Gasteiger partial charge in [-0.15, -0.1) is 0 Å². The van der Waals surface area contributed by atoms with Gasteiger partial charge in [-0.05, 0) is 30.0 Å². The molecular weight excluding hydrogens is 308 g/mol. The minimum Gasteiger partial charge on any atom is -0.347 e. The Kier molecular flexibility index (Phi) is 3.11. The second kappa shape index (κ2) is 5.35. The van der Waals surface area contributed by atoms with Gasteiger partial charge in [0.2, 0.25) is 0 Å². The molecule has 1 aromatic heterocycles. The summed E-state index contributed by atoms with van der Waals surface area (Å²) in [5.74, 6) is 0.191. The Bertz CT molecular complexity index is 1030. The fourth-order valence-corrected chi connectivity index (χ4v) is 4.40. The van der Waals surface area contributed by atoms with Crippen LogP contribution in [0.1, 0.15) is 23.2 Å². The Morgan fingerprint density at radius 3 is 2.56 bits per heavy atom. The number of benzene rings is 2. The minimum atomic E-state index is 0.191. The first-order chi connectivity index (χ1) is 12.2. The van der Waals surface area contributed by atoms with Gasteiger partial charge in [-0.2, -0.15) is 0 Å². The molecule has 0 saturated heterocycles. The van der Waals surface area contributed by atoms with Gasteiger partial charge in [0.1, 0.15) is 0 Å². The van der Waals surface area contributed by atoms with Gasteiger partial charge < -0.3 is 9.47 Å². The standard InChI is InChI=1S/C22H20N2O/c1-23-18-10-6-5-9-17(18)21-19(23)12-11-16-14-24(22(25)20(16)21)13-15-7-3-2-4-8-15/h2-10H,11-14H2,1H3. The van der Waals surface area contributed by atoms with Gasteiger partial charge in [0.15, 0.2) is 0 Å². The fourth-order valence-electron chi connectivity index (χ4n) is 4.40. The van der Waals surface area contributed by atoms with Gasteiger partial charge in [0.25, 0.3) is 5.91 Å². The lowest BCUT2D eigenvalue weighted by Gasteiger charge is -2.16. The summed E-state index contributed by atoms with van der Waals surface area (Å²) >= 11 is 0. The largest absolute Gasteiger partial charge is 0.347 e. The van der Waals surface area contributed by atoms with Crippen molar-refractivity contribution in [3.05, 3.63) is 77.0 Å². The number of fused-ring (bicyclic) bond motifs is 4. The normalized spacial score (nSPS) is 16.5.